The van der Waals surface area contributed by atoms with Crippen molar-refractivity contribution in [2.24, 2.45) is 5.92 Å². The summed E-state index contributed by atoms with van der Waals surface area (Å²) in [5.41, 5.74) is 2.50. The summed E-state index contributed by atoms with van der Waals surface area (Å²) in [6, 6.07) is 12.4. The Hall–Kier alpha value is -1.85. The van der Waals surface area contributed by atoms with E-state index in [-0.39, 0.29) is 18.1 Å². The van der Waals surface area contributed by atoms with Gasteiger partial charge < -0.3 is 15.3 Å². The van der Waals surface area contributed by atoms with Gasteiger partial charge in [-0.15, -0.1) is 11.3 Å². The summed E-state index contributed by atoms with van der Waals surface area (Å²) >= 11 is 1.67. The largest absolute Gasteiger partial charge is 0.393 e. The van der Waals surface area contributed by atoms with E-state index in [0.29, 0.717) is 12.5 Å². The van der Waals surface area contributed by atoms with E-state index in [2.05, 4.69) is 34.5 Å². The van der Waals surface area contributed by atoms with Crippen molar-refractivity contribution in [1.29, 1.82) is 0 Å². The molecule has 1 aromatic carbocycles. The highest BCUT2D eigenvalue weighted by molar-refractivity contribution is 7.10. The summed E-state index contributed by atoms with van der Waals surface area (Å²) in [4.78, 5) is 16.0. The van der Waals surface area contributed by atoms with E-state index < -0.39 is 0 Å². The van der Waals surface area contributed by atoms with Gasteiger partial charge in [0.15, 0.2) is 0 Å². The van der Waals surface area contributed by atoms with Crippen LogP contribution in [0, 0.1) is 5.92 Å². The molecule has 1 saturated carbocycles. The van der Waals surface area contributed by atoms with Crippen LogP contribution in [-0.4, -0.2) is 30.2 Å². The number of anilines is 1. The number of nitrogens with one attached hydrogen (secondary N) is 1. The highest BCUT2D eigenvalue weighted by atomic mass is 32.1. The van der Waals surface area contributed by atoms with Crippen LogP contribution in [0.2, 0.25) is 0 Å². The van der Waals surface area contributed by atoms with Crippen LogP contribution in [0.3, 0.4) is 0 Å². The molecule has 1 aliphatic carbocycles. The molecule has 5 heteroatoms. The zero-order valence-corrected chi connectivity index (χ0v) is 14.3. The van der Waals surface area contributed by atoms with Gasteiger partial charge in [-0.2, -0.15) is 0 Å². The summed E-state index contributed by atoms with van der Waals surface area (Å²) in [6.45, 7) is 1.30. The van der Waals surface area contributed by atoms with E-state index in [4.69, 9.17) is 0 Å². The summed E-state index contributed by atoms with van der Waals surface area (Å²) in [6.07, 6.45) is 2.34. The fourth-order valence-electron chi connectivity index (χ4n) is 3.75. The van der Waals surface area contributed by atoms with Crippen molar-refractivity contribution in [3.63, 3.8) is 0 Å². The van der Waals surface area contributed by atoms with Crippen molar-refractivity contribution in [2.75, 3.05) is 18.0 Å². The zero-order valence-electron chi connectivity index (χ0n) is 13.5. The maximum absolute atomic E-state index is 12.6. The average Bonchev–Trinajstić information content (AvgIpc) is 3.20. The number of aliphatic hydroxyl groups excluding tert-OH is 1. The minimum atomic E-state index is -0.208. The van der Waals surface area contributed by atoms with E-state index in [9.17, 15) is 9.90 Å². The zero-order chi connectivity index (χ0) is 16.5. The number of thiophene rings is 1. The predicted molar refractivity (Wildman–Crippen MR) is 96.3 cm³/mol. The molecule has 2 aromatic rings. The molecule has 2 heterocycles. The highest BCUT2D eigenvalue weighted by Crippen LogP contribution is 2.39. The van der Waals surface area contributed by atoms with Gasteiger partial charge in [-0.1, -0.05) is 24.3 Å². The normalized spacial score (nSPS) is 23.5. The van der Waals surface area contributed by atoms with Gasteiger partial charge in [0, 0.05) is 17.1 Å². The second-order valence-corrected chi connectivity index (χ2v) is 7.73. The summed E-state index contributed by atoms with van der Waals surface area (Å²) in [5, 5.41) is 14.9. The molecule has 1 fully saturated rings. The molecule has 0 spiro atoms. The highest BCUT2D eigenvalue weighted by Gasteiger charge is 2.36. The monoisotopic (exact) mass is 342 g/mol. The first-order valence-electron chi connectivity index (χ1n) is 8.54. The Morgan fingerprint density at radius 1 is 1.29 bits per heavy atom. The van der Waals surface area contributed by atoms with Gasteiger partial charge >= 0.3 is 0 Å². The molecule has 0 saturated heterocycles. The van der Waals surface area contributed by atoms with E-state index in [1.807, 2.05) is 17.5 Å². The number of rotatable bonds is 5. The van der Waals surface area contributed by atoms with Crippen molar-refractivity contribution < 1.29 is 9.90 Å². The topological polar surface area (TPSA) is 52.6 Å². The van der Waals surface area contributed by atoms with Gasteiger partial charge in [0.05, 0.1) is 18.7 Å². The van der Waals surface area contributed by atoms with Crippen LogP contribution in [0.5, 0.6) is 0 Å². The number of hydrogen-bond donors (Lipinski definition) is 2. The van der Waals surface area contributed by atoms with Gasteiger partial charge in [-0.25, -0.2) is 0 Å². The molecule has 24 heavy (non-hydrogen) atoms. The van der Waals surface area contributed by atoms with Crippen LogP contribution < -0.4 is 10.2 Å². The summed E-state index contributed by atoms with van der Waals surface area (Å²) in [5.74, 6) is 0.403. The molecule has 4 rings (SSSR count). The molecule has 0 unspecified atom stereocenters. The van der Waals surface area contributed by atoms with Crippen LogP contribution >= 0.6 is 11.3 Å². The molecule has 0 radical (unpaired) electrons. The van der Waals surface area contributed by atoms with Crippen molar-refractivity contribution >= 4 is 22.9 Å². The third kappa shape index (κ3) is 3.06. The first-order chi connectivity index (χ1) is 11.7. The minimum Gasteiger partial charge on any atom is -0.393 e. The van der Waals surface area contributed by atoms with Gasteiger partial charge in [0.2, 0.25) is 5.91 Å². The second-order valence-electron chi connectivity index (χ2n) is 6.75. The Morgan fingerprint density at radius 2 is 2.12 bits per heavy atom. The van der Waals surface area contributed by atoms with Gasteiger partial charge in [0.25, 0.3) is 0 Å². The molecule has 2 N–H and O–H groups in total. The van der Waals surface area contributed by atoms with Crippen molar-refractivity contribution in [3.8, 4) is 0 Å². The Balaban J connectivity index is 1.43. The molecular weight excluding hydrogens is 320 g/mol. The lowest BCUT2D eigenvalue weighted by Crippen LogP contribution is -2.44. The molecule has 126 valence electrons. The van der Waals surface area contributed by atoms with Crippen LogP contribution in [0.1, 0.15) is 29.3 Å². The number of hydrogen-bond acceptors (Lipinski definition) is 4. The first kappa shape index (κ1) is 15.7. The van der Waals surface area contributed by atoms with Crippen molar-refractivity contribution in [1.82, 2.24) is 5.32 Å². The van der Waals surface area contributed by atoms with Crippen LogP contribution in [-0.2, 0) is 11.2 Å². The number of amides is 1. The molecule has 0 bridgehead atoms. The van der Waals surface area contributed by atoms with Crippen LogP contribution in [0.15, 0.2) is 41.8 Å². The summed E-state index contributed by atoms with van der Waals surface area (Å²) < 4.78 is 0. The van der Waals surface area contributed by atoms with Gasteiger partial charge in [0.1, 0.15) is 0 Å². The number of benzene rings is 1. The molecule has 1 amide bonds. The third-order valence-corrected chi connectivity index (χ3v) is 6.06. The number of fused-ring (bicyclic) bond motifs is 1. The minimum absolute atomic E-state index is 0.0266. The van der Waals surface area contributed by atoms with E-state index >= 15 is 0 Å². The number of carbonyl (C=O) groups excluding carboxylic acids is 1. The first-order valence-corrected chi connectivity index (χ1v) is 9.42. The molecule has 2 aliphatic rings. The summed E-state index contributed by atoms with van der Waals surface area (Å²) in [7, 11) is 0. The van der Waals surface area contributed by atoms with Gasteiger partial charge in [-0.3, -0.25) is 4.79 Å². The quantitative estimate of drug-likeness (QED) is 0.878. The van der Waals surface area contributed by atoms with Crippen molar-refractivity contribution in [3.05, 3.63) is 52.2 Å². The SMILES string of the molecule is O=C(CN1CCc2ccccc21)N[C@H](c1cccs1)C1CC(O)C1. The fourth-order valence-corrected chi connectivity index (χ4v) is 4.62. The molecule has 4 nitrogen and oxygen atoms in total. The maximum Gasteiger partial charge on any atom is 0.240 e. The second kappa shape index (κ2) is 6.57. The fraction of sp³-hybridized carbons (Fsp3) is 0.421. The Bertz CT molecular complexity index is 710. The predicted octanol–water partition coefficient (Wildman–Crippen LogP) is 2.74. The number of aliphatic hydroxyl groups is 1. The lowest BCUT2D eigenvalue weighted by Gasteiger charge is -2.38. The lowest BCUT2D eigenvalue weighted by molar-refractivity contribution is -0.121. The van der Waals surface area contributed by atoms with E-state index in [1.54, 1.807) is 11.3 Å². The molecule has 1 aromatic heterocycles. The number of para-hydroxylation sites is 1. The molecule has 1 atom stereocenters. The van der Waals surface area contributed by atoms with Crippen LogP contribution in [0.25, 0.3) is 0 Å². The Labute approximate surface area is 146 Å². The smallest absolute Gasteiger partial charge is 0.240 e. The lowest BCUT2D eigenvalue weighted by atomic mass is 9.77. The maximum atomic E-state index is 12.6. The number of nitrogens with zero attached hydrogens (tertiary/aromatic N) is 1. The van der Waals surface area contributed by atoms with Crippen molar-refractivity contribution in [2.45, 2.75) is 31.4 Å². The standard InChI is InChI=1S/C19H22N2O2S/c22-15-10-14(11-15)19(17-6-3-9-24-17)20-18(23)12-21-8-7-13-4-1-2-5-16(13)21/h1-6,9,14-15,19,22H,7-8,10-12H2,(H,20,23)/t14?,15?,19-/m0/s1. The van der Waals surface area contributed by atoms with Crippen LogP contribution in [0.4, 0.5) is 5.69 Å². The van der Waals surface area contributed by atoms with E-state index in [0.717, 1.165) is 25.8 Å². The Kier molecular flexibility index (Phi) is 4.29. The average molecular weight is 342 g/mol. The van der Waals surface area contributed by atoms with Gasteiger partial charge in [-0.05, 0) is 48.3 Å². The number of carbonyl (C=O) groups is 1. The Morgan fingerprint density at radius 3 is 2.88 bits per heavy atom. The third-order valence-electron chi connectivity index (χ3n) is 5.11. The molecular formula is C19H22N2O2S. The molecule has 1 aliphatic heterocycles. The van der Waals surface area contributed by atoms with E-state index in [1.165, 1.54) is 16.1 Å².